The van der Waals surface area contributed by atoms with Crippen LogP contribution in [0.4, 0.5) is 15.9 Å². The van der Waals surface area contributed by atoms with Gasteiger partial charge in [0.05, 0.1) is 11.0 Å². The molecule has 136 valence electrons. The summed E-state index contributed by atoms with van der Waals surface area (Å²) in [5.41, 5.74) is 0.461. The van der Waals surface area contributed by atoms with Crippen LogP contribution in [0.1, 0.15) is 5.69 Å². The first-order chi connectivity index (χ1) is 11.5. The summed E-state index contributed by atoms with van der Waals surface area (Å²) in [6.45, 7) is 0.113. The molecule has 0 bridgehead atoms. The molecule has 0 aliphatic rings. The Bertz CT molecular complexity index is 878. The van der Waals surface area contributed by atoms with Crippen molar-refractivity contribution >= 4 is 43.8 Å². The van der Waals surface area contributed by atoms with Crippen molar-refractivity contribution in [3.63, 3.8) is 0 Å². The highest BCUT2D eigenvalue weighted by Crippen LogP contribution is 2.21. The van der Waals surface area contributed by atoms with Crippen LogP contribution in [-0.2, 0) is 10.5 Å². The fourth-order valence-corrected chi connectivity index (χ4v) is 2.22. The lowest BCUT2D eigenvalue weighted by Crippen LogP contribution is -2.17. The minimum Gasteiger partial charge on any atom is -0.409 e. The van der Waals surface area contributed by atoms with Gasteiger partial charge in [-0.1, -0.05) is 5.16 Å². The zero-order valence-corrected chi connectivity index (χ0v) is 14.9. The highest BCUT2D eigenvalue weighted by atomic mass is 79.9. The standard InChI is InChI=1S/C11H10BrFN6O4S.H3N/c12-7-5-6(1-2-8(7)13)16-11(17-20)9-10(19-23-18-9)14-3-4-15-24(21)22;/h1-2,5,20H,3-4H2,(H,14,19)(H,16,17);1H3. The van der Waals surface area contributed by atoms with Gasteiger partial charge in [-0.15, -0.1) is 0 Å². The molecule has 0 saturated heterocycles. The number of nitrogens with one attached hydrogen (secondary N) is 2. The Morgan fingerprint density at radius 1 is 1.40 bits per heavy atom. The molecular formula is C11H13BrFN7O4S. The molecule has 1 aromatic heterocycles. The third kappa shape index (κ3) is 5.77. The lowest BCUT2D eigenvalue weighted by molar-refractivity contribution is 0.305. The summed E-state index contributed by atoms with van der Waals surface area (Å²) in [6.07, 6.45) is 0. The smallest absolute Gasteiger partial charge is 0.311 e. The predicted molar refractivity (Wildman–Crippen MR) is 90.1 cm³/mol. The van der Waals surface area contributed by atoms with Crippen LogP contribution in [0.15, 0.2) is 36.8 Å². The molecule has 1 heterocycles. The van der Waals surface area contributed by atoms with E-state index in [1.165, 1.54) is 18.2 Å². The molecule has 0 aliphatic carbocycles. The van der Waals surface area contributed by atoms with Crippen molar-refractivity contribution in [1.29, 1.82) is 0 Å². The van der Waals surface area contributed by atoms with Gasteiger partial charge >= 0.3 is 10.5 Å². The Balaban J connectivity index is 0.00000312. The van der Waals surface area contributed by atoms with E-state index in [1.807, 2.05) is 0 Å². The third-order valence-electron chi connectivity index (χ3n) is 2.60. The molecule has 0 aliphatic heterocycles. The molecule has 0 spiro atoms. The van der Waals surface area contributed by atoms with Crippen LogP contribution >= 0.6 is 15.9 Å². The summed E-state index contributed by atoms with van der Waals surface area (Å²) in [6, 6.07) is 4.07. The molecule has 2 aromatic rings. The molecule has 0 amide bonds. The van der Waals surface area contributed by atoms with Gasteiger partial charge in [-0.25, -0.2) is 9.02 Å². The number of aromatic nitrogens is 2. The van der Waals surface area contributed by atoms with Gasteiger partial charge in [-0.3, -0.25) is 0 Å². The number of rotatable bonds is 6. The van der Waals surface area contributed by atoms with Gasteiger partial charge in [0.15, 0.2) is 5.69 Å². The molecule has 1 aromatic carbocycles. The van der Waals surface area contributed by atoms with E-state index in [4.69, 9.17) is 5.21 Å². The van der Waals surface area contributed by atoms with Crippen LogP contribution in [-0.4, -0.2) is 42.9 Å². The quantitative estimate of drug-likeness (QED) is 0.172. The number of amidine groups is 1. The molecule has 0 radical (unpaired) electrons. The SMILES string of the molecule is N.O=S(=O)=NCCNc1nonc1C(=NO)Nc1ccc(F)c(Br)c1. The van der Waals surface area contributed by atoms with E-state index in [1.54, 1.807) is 0 Å². The van der Waals surface area contributed by atoms with Gasteiger partial charge in [0.25, 0.3) is 0 Å². The Labute approximate surface area is 150 Å². The zero-order chi connectivity index (χ0) is 17.5. The maximum absolute atomic E-state index is 13.2. The molecule has 0 unspecified atom stereocenters. The van der Waals surface area contributed by atoms with Crippen LogP contribution in [0.2, 0.25) is 0 Å². The highest BCUT2D eigenvalue weighted by molar-refractivity contribution is 9.10. The van der Waals surface area contributed by atoms with E-state index in [0.29, 0.717) is 5.69 Å². The van der Waals surface area contributed by atoms with Crippen molar-refractivity contribution < 1.29 is 22.6 Å². The van der Waals surface area contributed by atoms with Gasteiger partial charge < -0.3 is 22.0 Å². The third-order valence-corrected chi connectivity index (χ3v) is 3.60. The predicted octanol–water partition coefficient (Wildman–Crippen LogP) is 1.86. The fourth-order valence-electron chi connectivity index (χ4n) is 1.60. The van der Waals surface area contributed by atoms with Crippen molar-refractivity contribution in [3.05, 3.63) is 34.2 Å². The van der Waals surface area contributed by atoms with E-state index in [2.05, 4.69) is 51.0 Å². The van der Waals surface area contributed by atoms with Gasteiger partial charge in [-0.2, -0.15) is 12.8 Å². The number of hydrogen-bond donors (Lipinski definition) is 4. The molecule has 14 heteroatoms. The molecule has 25 heavy (non-hydrogen) atoms. The van der Waals surface area contributed by atoms with Crippen LogP contribution in [0, 0.1) is 5.82 Å². The highest BCUT2D eigenvalue weighted by Gasteiger charge is 2.17. The molecular weight excluding hydrogens is 425 g/mol. The first kappa shape index (κ1) is 20.5. The van der Waals surface area contributed by atoms with E-state index in [0.717, 1.165) is 0 Å². The average Bonchev–Trinajstić information content (AvgIpc) is 3.00. The van der Waals surface area contributed by atoms with Crippen LogP contribution < -0.4 is 16.8 Å². The van der Waals surface area contributed by atoms with Crippen molar-refractivity contribution in [3.8, 4) is 0 Å². The number of benzene rings is 1. The molecule has 0 saturated carbocycles. The van der Waals surface area contributed by atoms with Gasteiger partial charge in [0.1, 0.15) is 5.82 Å². The number of nitrogens with zero attached hydrogens (tertiary/aromatic N) is 4. The lowest BCUT2D eigenvalue weighted by Gasteiger charge is -2.08. The van der Waals surface area contributed by atoms with E-state index >= 15 is 0 Å². The molecule has 6 N–H and O–H groups in total. The summed E-state index contributed by atoms with van der Waals surface area (Å²) in [7, 11) is -2.50. The molecule has 0 atom stereocenters. The molecule has 0 fully saturated rings. The zero-order valence-electron chi connectivity index (χ0n) is 12.5. The first-order valence-electron chi connectivity index (χ1n) is 6.29. The second kappa shape index (κ2) is 9.65. The van der Waals surface area contributed by atoms with Crippen LogP contribution in [0.5, 0.6) is 0 Å². The van der Waals surface area contributed by atoms with Crippen LogP contribution in [0.3, 0.4) is 0 Å². The fraction of sp³-hybridized carbons (Fsp3) is 0.182. The minimum atomic E-state index is -2.50. The Morgan fingerprint density at radius 2 is 2.16 bits per heavy atom. The minimum absolute atomic E-state index is 0. The average molecular weight is 438 g/mol. The second-order valence-corrected chi connectivity index (χ2v) is 5.71. The normalized spacial score (nSPS) is 10.7. The second-order valence-electron chi connectivity index (χ2n) is 4.16. The van der Waals surface area contributed by atoms with Gasteiger partial charge in [-0.05, 0) is 44.4 Å². The number of hydrogen-bond acceptors (Lipinski definition) is 10. The first-order valence-corrected chi connectivity index (χ1v) is 8.11. The van der Waals surface area contributed by atoms with Crippen molar-refractivity contribution in [2.45, 2.75) is 0 Å². The van der Waals surface area contributed by atoms with Crippen LogP contribution in [0.25, 0.3) is 0 Å². The topological polar surface area (TPSA) is 177 Å². The lowest BCUT2D eigenvalue weighted by atomic mass is 10.3. The number of oxime groups is 1. The van der Waals surface area contributed by atoms with Crippen molar-refractivity contribution in [2.75, 3.05) is 23.7 Å². The summed E-state index contributed by atoms with van der Waals surface area (Å²) >= 11 is 3.04. The van der Waals surface area contributed by atoms with E-state index < -0.39 is 16.3 Å². The van der Waals surface area contributed by atoms with Crippen molar-refractivity contribution in [2.24, 2.45) is 9.52 Å². The van der Waals surface area contributed by atoms with Crippen molar-refractivity contribution in [1.82, 2.24) is 16.5 Å². The van der Waals surface area contributed by atoms with Gasteiger partial charge in [0.2, 0.25) is 11.7 Å². The van der Waals surface area contributed by atoms with E-state index in [-0.39, 0.29) is 41.1 Å². The maximum Gasteiger partial charge on any atom is 0.311 e. The molecule has 11 nitrogen and oxygen atoms in total. The number of halogens is 2. The maximum atomic E-state index is 13.2. The summed E-state index contributed by atoms with van der Waals surface area (Å²) < 4.78 is 41.9. The Hall–Kier alpha value is -2.58. The van der Waals surface area contributed by atoms with Gasteiger partial charge in [0, 0.05) is 12.2 Å². The largest absolute Gasteiger partial charge is 0.409 e. The van der Waals surface area contributed by atoms with E-state index in [9.17, 15) is 12.8 Å². The summed E-state index contributed by atoms with van der Waals surface area (Å²) in [5.74, 6) is -0.446. The summed E-state index contributed by atoms with van der Waals surface area (Å²) in [4.78, 5) is 0. The number of anilines is 2. The monoisotopic (exact) mass is 437 g/mol. The summed E-state index contributed by atoms with van der Waals surface area (Å²) in [5, 5.41) is 24.9. The Kier molecular flexibility index (Phi) is 7.90. The molecule has 2 rings (SSSR count). The Morgan fingerprint density at radius 3 is 2.80 bits per heavy atom.